The molecule has 0 atom stereocenters. The summed E-state index contributed by atoms with van der Waals surface area (Å²) in [5.74, 6) is 0.414. The molecular weight excluding hydrogens is 374 g/mol. The van der Waals surface area contributed by atoms with Gasteiger partial charge < -0.3 is 14.4 Å². The van der Waals surface area contributed by atoms with Crippen molar-refractivity contribution in [1.82, 2.24) is 14.9 Å². The highest BCUT2D eigenvalue weighted by molar-refractivity contribution is 9.10. The first-order valence-corrected chi connectivity index (χ1v) is 7.91. The normalized spacial score (nSPS) is 15.4. The number of fused-ring (bicyclic) bond motifs is 1. The quantitative estimate of drug-likeness (QED) is 0.806. The van der Waals surface area contributed by atoms with Crippen LogP contribution in [0.4, 0.5) is 0 Å². The molecule has 116 valence electrons. The lowest BCUT2D eigenvalue weighted by molar-refractivity contribution is -0.143. The predicted molar refractivity (Wildman–Crippen MR) is 85.1 cm³/mol. The molecule has 22 heavy (non-hydrogen) atoms. The van der Waals surface area contributed by atoms with Crippen molar-refractivity contribution in [1.29, 1.82) is 0 Å². The lowest BCUT2D eigenvalue weighted by Gasteiger charge is -2.26. The molecule has 1 fully saturated rings. The minimum Gasteiger partial charge on any atom is -0.475 e. The lowest BCUT2D eigenvalue weighted by Crippen LogP contribution is -2.43. The van der Waals surface area contributed by atoms with Gasteiger partial charge in [-0.1, -0.05) is 11.6 Å². The molecule has 2 aromatic rings. The monoisotopic (exact) mass is 385 g/mol. The number of hydrogen-bond donors (Lipinski definition) is 0. The number of morpholine rings is 1. The highest BCUT2D eigenvalue weighted by Crippen LogP contribution is 2.32. The SMILES string of the molecule is O=C1COCCN1CCOc1ncc2c(Cl)ccnc2c1Br. The molecule has 0 bridgehead atoms. The van der Waals surface area contributed by atoms with E-state index in [4.69, 9.17) is 21.1 Å². The van der Waals surface area contributed by atoms with Gasteiger partial charge in [0.25, 0.3) is 0 Å². The molecule has 0 radical (unpaired) electrons. The van der Waals surface area contributed by atoms with Gasteiger partial charge in [0, 0.05) is 24.3 Å². The Kier molecular flexibility index (Phi) is 4.75. The zero-order valence-electron chi connectivity index (χ0n) is 11.6. The summed E-state index contributed by atoms with van der Waals surface area (Å²) in [6, 6.07) is 1.71. The Hall–Kier alpha value is -1.44. The molecule has 0 aromatic carbocycles. The molecule has 1 aliphatic heterocycles. The van der Waals surface area contributed by atoms with Gasteiger partial charge >= 0.3 is 0 Å². The van der Waals surface area contributed by atoms with Crippen molar-refractivity contribution >= 4 is 44.3 Å². The highest BCUT2D eigenvalue weighted by atomic mass is 79.9. The summed E-state index contributed by atoms with van der Waals surface area (Å²) in [4.78, 5) is 21.9. The minimum atomic E-state index is -0.0196. The highest BCUT2D eigenvalue weighted by Gasteiger charge is 2.18. The van der Waals surface area contributed by atoms with Crippen LogP contribution in [0.5, 0.6) is 5.88 Å². The lowest BCUT2D eigenvalue weighted by atomic mass is 10.3. The molecule has 8 heteroatoms. The zero-order valence-corrected chi connectivity index (χ0v) is 13.9. The Morgan fingerprint density at radius 2 is 2.32 bits per heavy atom. The van der Waals surface area contributed by atoms with Gasteiger partial charge in [0.15, 0.2) is 0 Å². The van der Waals surface area contributed by atoms with Crippen molar-refractivity contribution in [2.24, 2.45) is 0 Å². The number of carbonyl (C=O) groups is 1. The Morgan fingerprint density at radius 1 is 1.45 bits per heavy atom. The van der Waals surface area contributed by atoms with Crippen LogP contribution in [0.3, 0.4) is 0 Å². The largest absolute Gasteiger partial charge is 0.475 e. The molecule has 0 N–H and O–H groups in total. The van der Waals surface area contributed by atoms with Gasteiger partial charge in [0.05, 0.1) is 23.7 Å². The van der Waals surface area contributed by atoms with Crippen LogP contribution in [0, 0.1) is 0 Å². The predicted octanol–water partition coefficient (Wildman–Crippen LogP) is 2.28. The van der Waals surface area contributed by atoms with E-state index in [9.17, 15) is 4.79 Å². The molecule has 1 saturated heterocycles. The third-order valence-electron chi connectivity index (χ3n) is 3.33. The maximum absolute atomic E-state index is 11.6. The summed E-state index contributed by atoms with van der Waals surface area (Å²) in [7, 11) is 0. The van der Waals surface area contributed by atoms with Gasteiger partial charge in [-0.3, -0.25) is 9.78 Å². The molecule has 3 heterocycles. The fourth-order valence-electron chi connectivity index (χ4n) is 2.17. The number of hydrogen-bond acceptors (Lipinski definition) is 5. The van der Waals surface area contributed by atoms with Crippen LogP contribution < -0.4 is 4.74 Å². The number of pyridine rings is 2. The number of ether oxygens (including phenoxy) is 2. The summed E-state index contributed by atoms with van der Waals surface area (Å²) < 4.78 is 11.4. The second-order valence-electron chi connectivity index (χ2n) is 4.71. The van der Waals surface area contributed by atoms with Crippen molar-refractivity contribution in [3.05, 3.63) is 28.0 Å². The number of carbonyl (C=O) groups excluding carboxylic acids is 1. The van der Waals surface area contributed by atoms with Gasteiger partial charge in [-0.2, -0.15) is 0 Å². The van der Waals surface area contributed by atoms with E-state index in [2.05, 4.69) is 25.9 Å². The fraction of sp³-hybridized carbons (Fsp3) is 0.357. The minimum absolute atomic E-state index is 0.0196. The summed E-state index contributed by atoms with van der Waals surface area (Å²) in [5, 5.41) is 1.34. The third-order valence-corrected chi connectivity index (χ3v) is 4.37. The van der Waals surface area contributed by atoms with E-state index in [0.29, 0.717) is 47.2 Å². The maximum atomic E-state index is 11.6. The molecule has 0 aliphatic carbocycles. The Balaban J connectivity index is 1.69. The van der Waals surface area contributed by atoms with Crippen molar-refractivity contribution in [2.75, 3.05) is 32.9 Å². The van der Waals surface area contributed by atoms with Crippen molar-refractivity contribution in [3.63, 3.8) is 0 Å². The second-order valence-corrected chi connectivity index (χ2v) is 5.91. The van der Waals surface area contributed by atoms with Gasteiger partial charge in [-0.25, -0.2) is 4.98 Å². The van der Waals surface area contributed by atoms with Crippen LogP contribution in [-0.2, 0) is 9.53 Å². The summed E-state index contributed by atoms with van der Waals surface area (Å²) >= 11 is 9.55. The molecule has 3 rings (SSSR count). The van der Waals surface area contributed by atoms with Crippen molar-refractivity contribution < 1.29 is 14.3 Å². The first kappa shape index (κ1) is 15.5. The molecule has 2 aromatic heterocycles. The standard InChI is InChI=1S/C14H13BrClN3O3/c15-12-13-9(10(16)1-2-17-13)7-18-14(12)22-6-4-19-3-5-21-8-11(19)20/h1-2,7H,3-6,8H2. The molecule has 6 nitrogen and oxygen atoms in total. The van der Waals surface area contributed by atoms with Crippen LogP contribution in [0.15, 0.2) is 22.9 Å². The van der Waals surface area contributed by atoms with Gasteiger partial charge in [0.2, 0.25) is 11.8 Å². The van der Waals surface area contributed by atoms with Crippen molar-refractivity contribution in [3.8, 4) is 5.88 Å². The van der Waals surface area contributed by atoms with E-state index in [0.717, 1.165) is 5.39 Å². The average Bonchev–Trinajstić information content (AvgIpc) is 2.52. The van der Waals surface area contributed by atoms with Gasteiger partial charge in [-0.05, 0) is 22.0 Å². The molecule has 1 amide bonds. The van der Waals surface area contributed by atoms with E-state index in [1.54, 1.807) is 23.4 Å². The first-order chi connectivity index (χ1) is 10.7. The van der Waals surface area contributed by atoms with Crippen LogP contribution in [0.25, 0.3) is 10.9 Å². The fourth-order valence-corrected chi connectivity index (χ4v) is 2.90. The number of halogens is 2. The molecule has 0 saturated carbocycles. The van der Waals surface area contributed by atoms with Crippen LogP contribution in [0.2, 0.25) is 5.02 Å². The number of nitrogens with zero attached hydrogens (tertiary/aromatic N) is 3. The second kappa shape index (κ2) is 6.76. The molecule has 0 spiro atoms. The van der Waals surface area contributed by atoms with E-state index in [1.165, 1.54) is 0 Å². The summed E-state index contributed by atoms with van der Waals surface area (Å²) in [6.07, 6.45) is 3.26. The summed E-state index contributed by atoms with van der Waals surface area (Å²) in [6.45, 7) is 2.14. The summed E-state index contributed by atoms with van der Waals surface area (Å²) in [5.41, 5.74) is 0.694. The molecular formula is C14H13BrClN3O3. The van der Waals surface area contributed by atoms with Crippen LogP contribution >= 0.6 is 27.5 Å². The van der Waals surface area contributed by atoms with E-state index < -0.39 is 0 Å². The smallest absolute Gasteiger partial charge is 0.248 e. The first-order valence-electron chi connectivity index (χ1n) is 6.74. The van der Waals surface area contributed by atoms with Crippen LogP contribution in [-0.4, -0.2) is 53.7 Å². The zero-order chi connectivity index (χ0) is 15.5. The molecule has 0 unspecified atom stereocenters. The van der Waals surface area contributed by atoms with Gasteiger partial charge in [-0.15, -0.1) is 0 Å². The number of rotatable bonds is 4. The Morgan fingerprint density at radius 3 is 3.14 bits per heavy atom. The van der Waals surface area contributed by atoms with Crippen molar-refractivity contribution in [2.45, 2.75) is 0 Å². The van der Waals surface area contributed by atoms with E-state index in [-0.39, 0.29) is 12.5 Å². The Bertz CT molecular complexity index is 713. The van der Waals surface area contributed by atoms with E-state index >= 15 is 0 Å². The number of aromatic nitrogens is 2. The van der Waals surface area contributed by atoms with E-state index in [1.807, 2.05) is 0 Å². The number of amides is 1. The third kappa shape index (κ3) is 3.16. The maximum Gasteiger partial charge on any atom is 0.248 e. The topological polar surface area (TPSA) is 64.5 Å². The Labute approximate surface area is 140 Å². The molecule has 1 aliphatic rings. The van der Waals surface area contributed by atoms with Gasteiger partial charge in [0.1, 0.15) is 17.7 Å². The van der Waals surface area contributed by atoms with Crippen LogP contribution in [0.1, 0.15) is 0 Å². The average molecular weight is 387 g/mol.